The molecule has 0 fully saturated rings. The first kappa shape index (κ1) is 15.0. The van der Waals surface area contributed by atoms with E-state index in [9.17, 15) is 8.42 Å². The molecule has 0 saturated heterocycles. The van der Waals surface area contributed by atoms with Gasteiger partial charge in [-0.05, 0) is 24.6 Å². The third-order valence-corrected chi connectivity index (χ3v) is 3.98. The lowest BCUT2D eigenvalue weighted by atomic mass is 10.2. The number of nitrogens with one attached hydrogen (secondary N) is 1. The SMILES string of the molecule is COCCCS(=O)(=O)Nc1ccc(Br)cc1C#N. The molecule has 1 aromatic carbocycles. The maximum Gasteiger partial charge on any atom is 0.232 e. The fraction of sp³-hybridized carbons (Fsp3) is 0.364. The van der Waals surface area contributed by atoms with E-state index < -0.39 is 10.0 Å². The van der Waals surface area contributed by atoms with Crippen molar-refractivity contribution < 1.29 is 13.2 Å². The molecule has 1 rings (SSSR count). The summed E-state index contributed by atoms with van der Waals surface area (Å²) >= 11 is 3.22. The van der Waals surface area contributed by atoms with Gasteiger partial charge < -0.3 is 4.74 Å². The summed E-state index contributed by atoms with van der Waals surface area (Å²) in [4.78, 5) is 0. The topological polar surface area (TPSA) is 79.2 Å². The molecular formula is C11H13BrN2O3S. The Morgan fingerprint density at radius 1 is 1.50 bits per heavy atom. The summed E-state index contributed by atoms with van der Waals surface area (Å²) in [5.74, 6) is -0.0399. The summed E-state index contributed by atoms with van der Waals surface area (Å²) in [5.41, 5.74) is 0.567. The van der Waals surface area contributed by atoms with E-state index in [4.69, 9.17) is 10.00 Å². The first-order valence-electron chi connectivity index (χ1n) is 5.17. The van der Waals surface area contributed by atoms with Crippen LogP contribution in [0.2, 0.25) is 0 Å². The molecule has 0 aliphatic rings. The highest BCUT2D eigenvalue weighted by atomic mass is 79.9. The molecule has 0 amide bonds. The normalized spacial score (nSPS) is 10.9. The van der Waals surface area contributed by atoms with Crippen molar-refractivity contribution in [3.63, 3.8) is 0 Å². The van der Waals surface area contributed by atoms with Gasteiger partial charge in [-0.3, -0.25) is 4.72 Å². The van der Waals surface area contributed by atoms with Gasteiger partial charge in [-0.1, -0.05) is 15.9 Å². The Hall–Kier alpha value is -1.10. The second kappa shape index (κ2) is 6.73. The number of rotatable bonds is 6. The van der Waals surface area contributed by atoms with Gasteiger partial charge in [0.2, 0.25) is 10.0 Å². The van der Waals surface area contributed by atoms with Crippen LogP contribution >= 0.6 is 15.9 Å². The fourth-order valence-electron chi connectivity index (χ4n) is 1.31. The van der Waals surface area contributed by atoms with Crippen LogP contribution in [-0.4, -0.2) is 27.9 Å². The number of methoxy groups -OCH3 is 1. The number of nitriles is 1. The fourth-order valence-corrected chi connectivity index (χ4v) is 2.78. The van der Waals surface area contributed by atoms with Crippen molar-refractivity contribution in [2.24, 2.45) is 0 Å². The van der Waals surface area contributed by atoms with Gasteiger partial charge in [0.15, 0.2) is 0 Å². The average molecular weight is 333 g/mol. The zero-order valence-corrected chi connectivity index (χ0v) is 12.2. The quantitative estimate of drug-likeness (QED) is 0.809. The molecule has 0 radical (unpaired) electrons. The molecule has 0 atom stereocenters. The Labute approximate surface area is 115 Å². The first-order chi connectivity index (χ1) is 8.48. The van der Waals surface area contributed by atoms with Crippen LogP contribution in [0.15, 0.2) is 22.7 Å². The maximum absolute atomic E-state index is 11.7. The van der Waals surface area contributed by atoms with Crippen LogP contribution in [0.25, 0.3) is 0 Å². The predicted octanol–water partition coefficient (Wildman–Crippen LogP) is 2.10. The Morgan fingerprint density at radius 2 is 2.22 bits per heavy atom. The molecule has 1 aromatic rings. The number of benzene rings is 1. The highest BCUT2D eigenvalue weighted by Gasteiger charge is 2.12. The minimum absolute atomic E-state index is 0.0399. The number of sulfonamides is 1. The third-order valence-electron chi connectivity index (χ3n) is 2.13. The Morgan fingerprint density at radius 3 is 2.83 bits per heavy atom. The summed E-state index contributed by atoms with van der Waals surface area (Å²) in [6, 6.07) is 6.73. The lowest BCUT2D eigenvalue weighted by Crippen LogP contribution is -2.18. The Bertz CT molecular complexity index is 552. The van der Waals surface area contributed by atoms with Crippen LogP contribution in [0.4, 0.5) is 5.69 Å². The number of ether oxygens (including phenoxy) is 1. The highest BCUT2D eigenvalue weighted by molar-refractivity contribution is 9.10. The summed E-state index contributed by atoms with van der Waals surface area (Å²) in [5, 5.41) is 8.93. The molecule has 7 heteroatoms. The number of nitrogens with zero attached hydrogens (tertiary/aromatic N) is 1. The molecule has 0 bridgehead atoms. The predicted molar refractivity (Wildman–Crippen MR) is 72.8 cm³/mol. The van der Waals surface area contributed by atoms with Gasteiger partial charge in [0.25, 0.3) is 0 Å². The van der Waals surface area contributed by atoms with Gasteiger partial charge in [-0.15, -0.1) is 0 Å². The zero-order chi connectivity index (χ0) is 13.6. The van der Waals surface area contributed by atoms with Gasteiger partial charge >= 0.3 is 0 Å². The largest absolute Gasteiger partial charge is 0.385 e. The molecule has 0 aliphatic heterocycles. The summed E-state index contributed by atoms with van der Waals surface area (Å²) in [6.07, 6.45) is 0.407. The lowest BCUT2D eigenvalue weighted by Gasteiger charge is -2.09. The van der Waals surface area contributed by atoms with E-state index in [-0.39, 0.29) is 17.0 Å². The summed E-state index contributed by atoms with van der Waals surface area (Å²) in [6.45, 7) is 0.381. The van der Waals surface area contributed by atoms with E-state index in [0.717, 1.165) is 4.47 Å². The van der Waals surface area contributed by atoms with Crippen molar-refractivity contribution in [3.8, 4) is 6.07 Å². The van der Waals surface area contributed by atoms with Crippen LogP contribution in [0.5, 0.6) is 0 Å². The summed E-state index contributed by atoms with van der Waals surface area (Å²) < 4.78 is 31.4. The zero-order valence-electron chi connectivity index (χ0n) is 9.81. The van der Waals surface area contributed by atoms with Crippen LogP contribution in [0, 0.1) is 11.3 Å². The highest BCUT2D eigenvalue weighted by Crippen LogP contribution is 2.21. The molecule has 0 spiro atoms. The Balaban J connectivity index is 2.81. The number of hydrogen-bond donors (Lipinski definition) is 1. The van der Waals surface area contributed by atoms with Crippen molar-refractivity contribution >= 4 is 31.6 Å². The molecular weight excluding hydrogens is 320 g/mol. The van der Waals surface area contributed by atoms with Gasteiger partial charge in [0, 0.05) is 18.2 Å². The second-order valence-electron chi connectivity index (χ2n) is 3.57. The van der Waals surface area contributed by atoms with Gasteiger partial charge in [-0.2, -0.15) is 5.26 Å². The molecule has 0 aliphatic carbocycles. The van der Waals surface area contributed by atoms with E-state index in [1.165, 1.54) is 7.11 Å². The molecule has 98 valence electrons. The van der Waals surface area contributed by atoms with E-state index in [2.05, 4.69) is 20.7 Å². The molecule has 5 nitrogen and oxygen atoms in total. The number of anilines is 1. The molecule has 0 heterocycles. The molecule has 0 aromatic heterocycles. The maximum atomic E-state index is 11.7. The molecule has 0 saturated carbocycles. The molecule has 0 unspecified atom stereocenters. The van der Waals surface area contributed by atoms with E-state index >= 15 is 0 Å². The van der Waals surface area contributed by atoms with Gasteiger partial charge in [0.05, 0.1) is 17.0 Å². The van der Waals surface area contributed by atoms with Gasteiger partial charge in [-0.25, -0.2) is 8.42 Å². The second-order valence-corrected chi connectivity index (χ2v) is 6.33. The van der Waals surface area contributed by atoms with E-state index in [0.29, 0.717) is 13.0 Å². The van der Waals surface area contributed by atoms with Gasteiger partial charge in [0.1, 0.15) is 6.07 Å². The van der Waals surface area contributed by atoms with Crippen molar-refractivity contribution in [2.75, 3.05) is 24.2 Å². The summed E-state index contributed by atoms with van der Waals surface area (Å²) in [7, 11) is -1.93. The minimum atomic E-state index is -3.45. The first-order valence-corrected chi connectivity index (χ1v) is 7.62. The molecule has 1 N–H and O–H groups in total. The Kier molecular flexibility index (Phi) is 5.59. The van der Waals surface area contributed by atoms with Crippen LogP contribution in [0.3, 0.4) is 0 Å². The van der Waals surface area contributed by atoms with Crippen molar-refractivity contribution in [1.29, 1.82) is 5.26 Å². The van der Waals surface area contributed by atoms with Crippen molar-refractivity contribution in [1.82, 2.24) is 0 Å². The standard InChI is InChI=1S/C11H13BrN2O3S/c1-17-5-2-6-18(15,16)14-11-4-3-10(12)7-9(11)8-13/h3-4,7,14H,2,5-6H2,1H3. The number of halogens is 1. The minimum Gasteiger partial charge on any atom is -0.385 e. The van der Waals surface area contributed by atoms with Crippen LogP contribution < -0.4 is 4.72 Å². The third kappa shape index (κ3) is 4.64. The average Bonchev–Trinajstić information content (AvgIpc) is 2.31. The van der Waals surface area contributed by atoms with Crippen LogP contribution in [0.1, 0.15) is 12.0 Å². The van der Waals surface area contributed by atoms with Crippen molar-refractivity contribution in [2.45, 2.75) is 6.42 Å². The van der Waals surface area contributed by atoms with E-state index in [1.54, 1.807) is 18.2 Å². The monoisotopic (exact) mass is 332 g/mol. The van der Waals surface area contributed by atoms with E-state index in [1.807, 2.05) is 6.07 Å². The molecule has 18 heavy (non-hydrogen) atoms. The smallest absolute Gasteiger partial charge is 0.232 e. The van der Waals surface area contributed by atoms with Crippen molar-refractivity contribution in [3.05, 3.63) is 28.2 Å². The van der Waals surface area contributed by atoms with Crippen LogP contribution in [-0.2, 0) is 14.8 Å². The lowest BCUT2D eigenvalue weighted by molar-refractivity contribution is 0.199. The number of hydrogen-bond acceptors (Lipinski definition) is 4.